The minimum Gasteiger partial charge on any atom is -0.507 e. The highest BCUT2D eigenvalue weighted by molar-refractivity contribution is 5.85. The van der Waals surface area contributed by atoms with E-state index in [9.17, 15) is 5.11 Å². The van der Waals surface area contributed by atoms with E-state index in [1.165, 1.54) is 12.8 Å². The van der Waals surface area contributed by atoms with Crippen molar-refractivity contribution in [2.75, 3.05) is 26.2 Å². The minimum atomic E-state index is 0. The zero-order valence-electron chi connectivity index (χ0n) is 16.5. The number of unbranched alkanes of at least 4 members (excludes halogenated alkanes) is 1. The van der Waals surface area contributed by atoms with Gasteiger partial charge in [0.15, 0.2) is 0 Å². The van der Waals surface area contributed by atoms with Crippen molar-refractivity contribution in [2.24, 2.45) is 0 Å². The van der Waals surface area contributed by atoms with Gasteiger partial charge in [0.2, 0.25) is 0 Å². The van der Waals surface area contributed by atoms with Gasteiger partial charge in [0.05, 0.1) is 0 Å². The third-order valence-electron chi connectivity index (χ3n) is 5.03. The lowest BCUT2D eigenvalue weighted by atomic mass is 9.97. The molecule has 1 aliphatic rings. The molecule has 0 aromatic heterocycles. The van der Waals surface area contributed by atoms with E-state index in [2.05, 4.69) is 17.1 Å². The normalized spacial score (nSPS) is 15.2. The molecule has 2 aromatic rings. The Morgan fingerprint density at radius 1 is 1.07 bits per heavy atom. The van der Waals surface area contributed by atoms with E-state index in [1.807, 2.05) is 42.5 Å². The third kappa shape index (κ3) is 6.85. The standard InChI is InChI=1S/C22H30N2O2.2ClH/c1-2-3-9-21(24-14-12-23-13-15-24)20-11-10-19(16-22(20)25)26-17-18-7-5-4-6-8-18;;/h4-8,10-11,16,21,23,25H,2-3,9,12-15,17H2,1H3;2*1H/t21-;;/m0../s1. The van der Waals surface area contributed by atoms with E-state index in [1.54, 1.807) is 6.07 Å². The van der Waals surface area contributed by atoms with Crippen molar-refractivity contribution >= 4 is 24.8 Å². The Bertz CT molecular complexity index is 679. The van der Waals surface area contributed by atoms with Crippen molar-refractivity contribution in [3.63, 3.8) is 0 Å². The Labute approximate surface area is 181 Å². The molecule has 4 nitrogen and oxygen atoms in total. The van der Waals surface area contributed by atoms with Crippen LogP contribution in [0.4, 0.5) is 0 Å². The van der Waals surface area contributed by atoms with Crippen molar-refractivity contribution in [2.45, 2.75) is 38.8 Å². The number of phenols is 1. The van der Waals surface area contributed by atoms with Gasteiger partial charge in [-0.3, -0.25) is 4.90 Å². The van der Waals surface area contributed by atoms with Crippen LogP contribution in [-0.2, 0) is 6.61 Å². The first-order valence-corrected chi connectivity index (χ1v) is 9.72. The number of halogens is 2. The first-order valence-electron chi connectivity index (χ1n) is 9.72. The smallest absolute Gasteiger partial charge is 0.124 e. The van der Waals surface area contributed by atoms with Crippen LogP contribution in [0.15, 0.2) is 48.5 Å². The molecule has 0 amide bonds. The number of piperazine rings is 1. The van der Waals surface area contributed by atoms with Gasteiger partial charge in [-0.05, 0) is 18.1 Å². The topological polar surface area (TPSA) is 44.7 Å². The molecule has 0 bridgehead atoms. The number of aromatic hydroxyl groups is 1. The summed E-state index contributed by atoms with van der Waals surface area (Å²) >= 11 is 0. The average Bonchev–Trinajstić information content (AvgIpc) is 2.69. The molecule has 0 unspecified atom stereocenters. The predicted octanol–water partition coefficient (Wildman–Crippen LogP) is 4.95. The summed E-state index contributed by atoms with van der Waals surface area (Å²) in [5, 5.41) is 14.1. The van der Waals surface area contributed by atoms with E-state index in [4.69, 9.17) is 4.74 Å². The summed E-state index contributed by atoms with van der Waals surface area (Å²) in [6.45, 7) is 6.81. The Balaban J connectivity index is 0.00000196. The molecule has 0 saturated carbocycles. The molecule has 0 radical (unpaired) electrons. The van der Waals surface area contributed by atoms with Crippen molar-refractivity contribution in [3.05, 3.63) is 59.7 Å². The van der Waals surface area contributed by atoms with E-state index in [0.717, 1.165) is 43.7 Å². The van der Waals surface area contributed by atoms with Crippen LogP contribution in [-0.4, -0.2) is 36.2 Å². The molecule has 156 valence electrons. The van der Waals surface area contributed by atoms with Crippen molar-refractivity contribution in [1.29, 1.82) is 0 Å². The number of phenolic OH excluding ortho intramolecular Hbond substituents is 1. The Morgan fingerprint density at radius 2 is 1.79 bits per heavy atom. The first kappa shape index (κ1) is 24.6. The molecular weight excluding hydrogens is 395 g/mol. The summed E-state index contributed by atoms with van der Waals surface area (Å²) in [4.78, 5) is 2.49. The van der Waals surface area contributed by atoms with Gasteiger partial charge < -0.3 is 15.2 Å². The number of rotatable bonds is 8. The van der Waals surface area contributed by atoms with Gasteiger partial charge >= 0.3 is 0 Å². The highest BCUT2D eigenvalue weighted by Crippen LogP contribution is 2.35. The Morgan fingerprint density at radius 3 is 2.43 bits per heavy atom. The van der Waals surface area contributed by atoms with Crippen molar-refractivity contribution < 1.29 is 9.84 Å². The van der Waals surface area contributed by atoms with Crippen LogP contribution in [0.5, 0.6) is 11.5 Å². The van der Waals surface area contributed by atoms with Crippen LogP contribution in [0.2, 0.25) is 0 Å². The van der Waals surface area contributed by atoms with Gasteiger partial charge in [-0.1, -0.05) is 56.2 Å². The number of nitrogens with one attached hydrogen (secondary N) is 1. The fourth-order valence-corrected chi connectivity index (χ4v) is 3.56. The van der Waals surface area contributed by atoms with Gasteiger partial charge in [0.25, 0.3) is 0 Å². The molecule has 1 saturated heterocycles. The van der Waals surface area contributed by atoms with Crippen LogP contribution in [0.3, 0.4) is 0 Å². The molecule has 0 aliphatic carbocycles. The molecule has 1 heterocycles. The lowest BCUT2D eigenvalue weighted by Crippen LogP contribution is -2.45. The van der Waals surface area contributed by atoms with Crippen LogP contribution < -0.4 is 10.1 Å². The lowest BCUT2D eigenvalue weighted by molar-refractivity contribution is 0.160. The van der Waals surface area contributed by atoms with E-state index >= 15 is 0 Å². The van der Waals surface area contributed by atoms with Crippen LogP contribution >= 0.6 is 24.8 Å². The molecule has 1 atom stereocenters. The summed E-state index contributed by atoms with van der Waals surface area (Å²) in [5.74, 6) is 1.06. The monoisotopic (exact) mass is 426 g/mol. The van der Waals surface area contributed by atoms with Gasteiger partial charge in [0.1, 0.15) is 18.1 Å². The van der Waals surface area contributed by atoms with Crippen molar-refractivity contribution in [3.8, 4) is 11.5 Å². The van der Waals surface area contributed by atoms with E-state index in [-0.39, 0.29) is 30.9 Å². The highest BCUT2D eigenvalue weighted by atomic mass is 35.5. The van der Waals surface area contributed by atoms with Crippen molar-refractivity contribution in [1.82, 2.24) is 10.2 Å². The molecule has 0 spiro atoms. The molecule has 3 rings (SSSR count). The van der Waals surface area contributed by atoms with Gasteiger partial charge in [-0.2, -0.15) is 0 Å². The maximum Gasteiger partial charge on any atom is 0.124 e. The minimum absolute atomic E-state index is 0. The summed E-state index contributed by atoms with van der Waals surface area (Å²) in [5.41, 5.74) is 2.14. The molecular formula is C22H32Cl2N2O2. The summed E-state index contributed by atoms with van der Waals surface area (Å²) in [6.07, 6.45) is 3.41. The molecule has 1 fully saturated rings. The van der Waals surface area contributed by atoms with Gasteiger partial charge in [-0.15, -0.1) is 24.8 Å². The second-order valence-electron chi connectivity index (χ2n) is 6.94. The second-order valence-corrected chi connectivity index (χ2v) is 6.94. The SMILES string of the molecule is CCCC[C@@H](c1ccc(OCc2ccccc2)cc1O)N1CCNCC1.Cl.Cl. The second kappa shape index (κ2) is 12.9. The summed E-state index contributed by atoms with van der Waals surface area (Å²) in [6, 6.07) is 16.2. The third-order valence-corrected chi connectivity index (χ3v) is 5.03. The molecule has 28 heavy (non-hydrogen) atoms. The zero-order valence-corrected chi connectivity index (χ0v) is 18.1. The van der Waals surface area contributed by atoms with E-state index in [0.29, 0.717) is 18.1 Å². The predicted molar refractivity (Wildman–Crippen MR) is 120 cm³/mol. The lowest BCUT2D eigenvalue weighted by Gasteiger charge is -2.35. The van der Waals surface area contributed by atoms with Crippen LogP contribution in [0, 0.1) is 0 Å². The maximum atomic E-state index is 10.7. The van der Waals surface area contributed by atoms with Crippen LogP contribution in [0.1, 0.15) is 43.4 Å². The van der Waals surface area contributed by atoms with Gasteiger partial charge in [0, 0.05) is 43.9 Å². The molecule has 2 N–H and O–H groups in total. The highest BCUT2D eigenvalue weighted by Gasteiger charge is 2.24. The molecule has 6 heteroatoms. The molecule has 1 aliphatic heterocycles. The quantitative estimate of drug-likeness (QED) is 0.626. The summed E-state index contributed by atoms with van der Waals surface area (Å²) < 4.78 is 5.85. The molecule has 2 aromatic carbocycles. The Kier molecular flexibility index (Phi) is 11.3. The number of hydrogen-bond acceptors (Lipinski definition) is 4. The number of ether oxygens (including phenoxy) is 1. The fourth-order valence-electron chi connectivity index (χ4n) is 3.56. The van der Waals surface area contributed by atoms with Crippen LogP contribution in [0.25, 0.3) is 0 Å². The average molecular weight is 427 g/mol. The number of nitrogens with zero attached hydrogens (tertiary/aromatic N) is 1. The first-order chi connectivity index (χ1) is 12.8. The number of hydrogen-bond donors (Lipinski definition) is 2. The number of benzene rings is 2. The maximum absolute atomic E-state index is 10.7. The fraction of sp³-hybridized carbons (Fsp3) is 0.455. The summed E-state index contributed by atoms with van der Waals surface area (Å²) in [7, 11) is 0. The largest absolute Gasteiger partial charge is 0.507 e. The zero-order chi connectivity index (χ0) is 18.2. The van der Waals surface area contributed by atoms with Gasteiger partial charge in [-0.25, -0.2) is 0 Å². The Hall–Kier alpha value is -1.46. The van der Waals surface area contributed by atoms with E-state index < -0.39 is 0 Å².